The van der Waals surface area contributed by atoms with Crippen molar-refractivity contribution in [3.8, 4) is 11.1 Å². The molecular formula is C17H18K4O6P2. The Hall–Kier alpha value is 5.29. The second kappa shape index (κ2) is 18.5. The van der Waals surface area contributed by atoms with Crippen LogP contribution in [0.15, 0.2) is 48.5 Å². The van der Waals surface area contributed by atoms with E-state index in [2.05, 4.69) is 0 Å². The third-order valence-corrected chi connectivity index (χ3v) is 7.74. The third kappa shape index (κ3) is 14.0. The third-order valence-electron chi connectivity index (χ3n) is 4.07. The maximum atomic E-state index is 11.0. The molecule has 12 heteroatoms. The molecule has 0 saturated carbocycles. The van der Waals surface area contributed by atoms with E-state index in [1.165, 1.54) is 0 Å². The van der Waals surface area contributed by atoms with E-state index in [0.29, 0.717) is 6.42 Å². The van der Waals surface area contributed by atoms with E-state index < -0.39 is 27.0 Å². The van der Waals surface area contributed by atoms with Crippen molar-refractivity contribution < 1.29 is 234 Å². The van der Waals surface area contributed by atoms with E-state index in [9.17, 15) is 28.7 Å². The van der Waals surface area contributed by atoms with Crippen molar-refractivity contribution in [2.45, 2.75) is 31.6 Å². The topological polar surface area (TPSA) is 126 Å². The smallest absolute Gasteiger partial charge is 0.810 e. The minimum absolute atomic E-state index is 0. The van der Waals surface area contributed by atoms with Crippen LogP contribution in [0, 0.1) is 6.92 Å². The zero-order chi connectivity index (χ0) is 18.7. The first-order valence-corrected chi connectivity index (χ1v) is 11.0. The predicted molar refractivity (Wildman–Crippen MR) is 88.6 cm³/mol. The Morgan fingerprint density at radius 1 is 0.793 bits per heavy atom. The normalized spacial score (nSPS) is 10.8. The largest absolute Gasteiger partial charge is 1.00 e. The Morgan fingerprint density at radius 2 is 1.28 bits per heavy atom. The Labute approximate surface area is 342 Å². The van der Waals surface area contributed by atoms with Crippen LogP contribution in [0.2, 0.25) is 0 Å². The fraction of sp³-hybridized carbons (Fsp3) is 0.294. The van der Waals surface area contributed by atoms with Gasteiger partial charge in [-0.1, -0.05) is 63.7 Å². The van der Waals surface area contributed by atoms with Crippen LogP contribution in [0.1, 0.15) is 24.0 Å². The first kappa shape index (κ1) is 38.8. The zero-order valence-electron chi connectivity index (χ0n) is 17.7. The van der Waals surface area contributed by atoms with Gasteiger partial charge in [-0.05, 0) is 48.4 Å². The van der Waals surface area contributed by atoms with E-state index in [1.807, 2.05) is 55.5 Å². The molecule has 2 aromatic carbocycles. The van der Waals surface area contributed by atoms with Gasteiger partial charge in [-0.2, -0.15) is 0 Å². The van der Waals surface area contributed by atoms with Crippen molar-refractivity contribution in [3.05, 3.63) is 59.7 Å². The molecule has 0 radical (unpaired) electrons. The van der Waals surface area contributed by atoms with Gasteiger partial charge in [-0.25, -0.2) is 0 Å². The molecule has 0 aromatic heterocycles. The molecule has 0 amide bonds. The molecule has 0 atom stereocenters. The summed E-state index contributed by atoms with van der Waals surface area (Å²) in [6.45, 7) is 2.01. The summed E-state index contributed by atoms with van der Waals surface area (Å²) in [6.07, 6.45) is 0.0238. The number of rotatable bonds is 7. The summed E-state index contributed by atoms with van der Waals surface area (Å²) in [6, 6.07) is 15.5. The van der Waals surface area contributed by atoms with Crippen molar-refractivity contribution in [2.75, 3.05) is 0 Å². The molecule has 2 aromatic rings. The van der Waals surface area contributed by atoms with E-state index in [1.54, 1.807) is 0 Å². The van der Waals surface area contributed by atoms with E-state index >= 15 is 0 Å². The van der Waals surface area contributed by atoms with Crippen molar-refractivity contribution in [3.63, 3.8) is 0 Å². The summed E-state index contributed by atoms with van der Waals surface area (Å²) >= 11 is 0. The van der Waals surface area contributed by atoms with Crippen LogP contribution < -0.4 is 225 Å². The molecule has 6 nitrogen and oxygen atoms in total. The Balaban J connectivity index is -0.00000169. The van der Waals surface area contributed by atoms with Gasteiger partial charge < -0.3 is 28.7 Å². The summed E-state index contributed by atoms with van der Waals surface area (Å²) in [5.74, 6) is 0. The molecular weight excluding hydrogens is 519 g/mol. The molecule has 0 spiro atoms. The molecule has 0 fully saturated rings. The molecule has 2 rings (SSSR count). The van der Waals surface area contributed by atoms with Crippen LogP contribution in [0.3, 0.4) is 0 Å². The van der Waals surface area contributed by atoms with Gasteiger partial charge in [0.15, 0.2) is 0 Å². The molecule has 0 aliphatic rings. The second-order valence-corrected chi connectivity index (χ2v) is 9.78. The van der Waals surface area contributed by atoms with E-state index in [0.717, 1.165) is 22.3 Å². The fourth-order valence-corrected chi connectivity index (χ4v) is 5.11. The molecule has 0 N–H and O–H groups in total. The fourth-order valence-electron chi connectivity index (χ4n) is 2.73. The van der Waals surface area contributed by atoms with Gasteiger partial charge in [-0.15, -0.1) is 0 Å². The quantitative estimate of drug-likeness (QED) is 0.256. The van der Waals surface area contributed by atoms with Crippen LogP contribution in [0.5, 0.6) is 0 Å². The zero-order valence-corrected chi connectivity index (χ0v) is 31.9. The first-order valence-electron chi connectivity index (χ1n) is 7.77. The van der Waals surface area contributed by atoms with Crippen LogP contribution in [0.25, 0.3) is 11.1 Å². The molecule has 136 valence electrons. The van der Waals surface area contributed by atoms with Crippen molar-refractivity contribution >= 4 is 15.2 Å². The molecule has 0 bridgehead atoms. The summed E-state index contributed by atoms with van der Waals surface area (Å²) in [4.78, 5) is 43.8. The maximum Gasteiger partial charge on any atom is 1.00 e. The van der Waals surface area contributed by atoms with E-state index in [-0.39, 0.29) is 212 Å². The van der Waals surface area contributed by atoms with Gasteiger partial charge in [-0.3, -0.25) is 0 Å². The van der Waals surface area contributed by atoms with Gasteiger partial charge in [0.25, 0.3) is 0 Å². The second-order valence-electron chi connectivity index (χ2n) is 5.96. The SMILES string of the molecule is Cc1ccccc1-c1ccc(CCCC(P(=O)([O-])[O-])P(=O)([O-])[O-])cc1.[K+].[K+].[K+].[K+]. The minimum Gasteiger partial charge on any atom is -0.810 e. The average Bonchev–Trinajstić information content (AvgIpc) is 2.50. The number of aryl methyl sites for hydroxylation is 2. The molecule has 0 aliphatic carbocycles. The molecule has 0 unspecified atom stereocenters. The minimum atomic E-state index is -5.46. The van der Waals surface area contributed by atoms with Crippen molar-refractivity contribution in [1.82, 2.24) is 0 Å². The monoisotopic (exact) mass is 536 g/mol. The molecule has 0 aliphatic heterocycles. The average molecular weight is 537 g/mol. The van der Waals surface area contributed by atoms with Gasteiger partial charge >= 0.3 is 206 Å². The molecule has 0 saturated heterocycles. The van der Waals surface area contributed by atoms with Crippen LogP contribution in [-0.4, -0.2) is 5.40 Å². The predicted octanol–water partition coefficient (Wildman–Crippen LogP) is -10.8. The first-order chi connectivity index (χ1) is 11.6. The summed E-state index contributed by atoms with van der Waals surface area (Å²) in [7, 11) is -10.9. The van der Waals surface area contributed by atoms with Crippen LogP contribution >= 0.6 is 15.2 Å². The number of hydrogen-bond donors (Lipinski definition) is 0. The number of benzene rings is 2. The number of hydrogen-bond acceptors (Lipinski definition) is 6. The van der Waals surface area contributed by atoms with Crippen molar-refractivity contribution in [2.24, 2.45) is 0 Å². The van der Waals surface area contributed by atoms with Crippen LogP contribution in [0.4, 0.5) is 0 Å². The van der Waals surface area contributed by atoms with Crippen molar-refractivity contribution in [1.29, 1.82) is 0 Å². The maximum absolute atomic E-state index is 11.0. The Bertz CT molecular complexity index is 801. The standard InChI is InChI=1S/C17H22O6P2.4K/c1-13-5-2-3-7-16(13)15-11-9-14(10-12-15)6-4-8-17(24(18,19)20)25(21,22)23;;;;/h2-3,5,7,9-12,17H,4,6,8H2,1H3,(H2,18,19,20)(H2,21,22,23);;;;/q;4*+1/p-4. The van der Waals surface area contributed by atoms with Gasteiger partial charge in [0.05, 0.1) is 0 Å². The Kier molecular flexibility index (Phi) is 24.8. The van der Waals surface area contributed by atoms with E-state index in [4.69, 9.17) is 0 Å². The van der Waals surface area contributed by atoms with Gasteiger partial charge in [0.2, 0.25) is 0 Å². The summed E-state index contributed by atoms with van der Waals surface area (Å²) in [5.41, 5.74) is 4.15. The molecule has 0 heterocycles. The Morgan fingerprint density at radius 3 is 1.72 bits per heavy atom. The van der Waals surface area contributed by atoms with Gasteiger partial charge in [0.1, 0.15) is 0 Å². The van der Waals surface area contributed by atoms with Crippen LogP contribution in [-0.2, 0) is 15.6 Å². The summed E-state index contributed by atoms with van der Waals surface area (Å²) < 4.78 is 21.9. The van der Waals surface area contributed by atoms with Gasteiger partial charge in [0, 0.05) is 5.40 Å². The molecule has 29 heavy (non-hydrogen) atoms. The summed E-state index contributed by atoms with van der Waals surface area (Å²) in [5, 5.41) is -2.37.